The Labute approximate surface area is 89.0 Å². The summed E-state index contributed by atoms with van der Waals surface area (Å²) in [6.45, 7) is 5.95. The second-order valence-electron chi connectivity index (χ2n) is 3.30. The summed E-state index contributed by atoms with van der Waals surface area (Å²) in [5, 5.41) is 11.7. The first-order chi connectivity index (χ1) is 7.19. The molecule has 1 unspecified atom stereocenters. The summed E-state index contributed by atoms with van der Waals surface area (Å²) in [6.07, 6.45) is 1.74. The molecule has 3 heteroatoms. The third-order valence-corrected chi connectivity index (χ3v) is 2.17. The van der Waals surface area contributed by atoms with Crippen molar-refractivity contribution in [1.29, 1.82) is 5.26 Å². The average molecular weight is 204 g/mol. The Morgan fingerprint density at radius 1 is 1.67 bits per heavy atom. The summed E-state index contributed by atoms with van der Waals surface area (Å²) in [5.74, 6) is -0.441. The van der Waals surface area contributed by atoms with Crippen LogP contribution in [0.3, 0.4) is 0 Å². The van der Waals surface area contributed by atoms with Gasteiger partial charge in [0.25, 0.3) is 0 Å². The van der Waals surface area contributed by atoms with Gasteiger partial charge in [-0.3, -0.25) is 0 Å². The second-order valence-corrected chi connectivity index (χ2v) is 3.30. The number of hydrogen-bond acceptors (Lipinski definition) is 2. The molecule has 0 aliphatic rings. The molecule has 1 N–H and O–H groups in total. The van der Waals surface area contributed by atoms with Gasteiger partial charge >= 0.3 is 0 Å². The fourth-order valence-electron chi connectivity index (χ4n) is 1.16. The van der Waals surface area contributed by atoms with Crippen molar-refractivity contribution in [2.75, 3.05) is 0 Å². The molecule has 1 aromatic carbocycles. The van der Waals surface area contributed by atoms with E-state index in [1.165, 1.54) is 6.07 Å². The molecule has 0 saturated carbocycles. The molecule has 0 amide bonds. The van der Waals surface area contributed by atoms with Crippen molar-refractivity contribution in [2.24, 2.45) is 0 Å². The number of nitriles is 1. The molecule has 0 aliphatic heterocycles. The van der Waals surface area contributed by atoms with Gasteiger partial charge in [0, 0.05) is 18.2 Å². The van der Waals surface area contributed by atoms with Gasteiger partial charge in [-0.2, -0.15) is 5.26 Å². The molecule has 2 nitrogen and oxygen atoms in total. The topological polar surface area (TPSA) is 35.8 Å². The van der Waals surface area contributed by atoms with E-state index in [0.29, 0.717) is 12.1 Å². The molecule has 1 atom stereocenters. The minimum absolute atomic E-state index is 0.0838. The van der Waals surface area contributed by atoms with Gasteiger partial charge in [0.2, 0.25) is 0 Å². The lowest BCUT2D eigenvalue weighted by molar-refractivity contribution is 0.571. The number of nitrogens with zero attached hydrogens (tertiary/aromatic N) is 1. The summed E-state index contributed by atoms with van der Waals surface area (Å²) >= 11 is 0. The van der Waals surface area contributed by atoms with Crippen LogP contribution in [0.2, 0.25) is 0 Å². The van der Waals surface area contributed by atoms with Gasteiger partial charge in [0.1, 0.15) is 11.9 Å². The van der Waals surface area contributed by atoms with E-state index in [-0.39, 0.29) is 11.6 Å². The Hall–Kier alpha value is -1.66. The third kappa shape index (κ3) is 2.90. The average Bonchev–Trinajstić information content (AvgIpc) is 2.27. The Morgan fingerprint density at radius 2 is 2.40 bits per heavy atom. The van der Waals surface area contributed by atoms with E-state index >= 15 is 0 Å². The summed E-state index contributed by atoms with van der Waals surface area (Å²) in [4.78, 5) is 0. The van der Waals surface area contributed by atoms with Crippen LogP contribution in [0.4, 0.5) is 4.39 Å². The van der Waals surface area contributed by atoms with Crippen LogP contribution in [-0.2, 0) is 6.54 Å². The predicted molar refractivity (Wildman–Crippen MR) is 57.6 cm³/mol. The first kappa shape index (κ1) is 11.4. The molecule has 0 aromatic heterocycles. The van der Waals surface area contributed by atoms with E-state index in [0.717, 1.165) is 0 Å². The van der Waals surface area contributed by atoms with Crippen molar-refractivity contribution in [2.45, 2.75) is 19.5 Å². The van der Waals surface area contributed by atoms with Crippen LogP contribution in [0.15, 0.2) is 30.9 Å². The maximum absolute atomic E-state index is 13.5. The van der Waals surface area contributed by atoms with Gasteiger partial charge in [0.15, 0.2) is 0 Å². The maximum Gasteiger partial charge on any atom is 0.145 e. The van der Waals surface area contributed by atoms with Gasteiger partial charge in [-0.1, -0.05) is 18.2 Å². The van der Waals surface area contributed by atoms with E-state index in [1.54, 1.807) is 18.2 Å². The summed E-state index contributed by atoms with van der Waals surface area (Å²) < 4.78 is 13.5. The molecule has 0 radical (unpaired) electrons. The lowest BCUT2D eigenvalue weighted by Gasteiger charge is -2.09. The van der Waals surface area contributed by atoms with E-state index < -0.39 is 5.82 Å². The largest absolute Gasteiger partial charge is 0.307 e. The van der Waals surface area contributed by atoms with Gasteiger partial charge in [-0.05, 0) is 13.0 Å². The molecule has 0 aliphatic carbocycles. The quantitative estimate of drug-likeness (QED) is 0.764. The molecule has 1 rings (SSSR count). The number of nitrogens with one attached hydrogen (secondary N) is 1. The van der Waals surface area contributed by atoms with Crippen molar-refractivity contribution < 1.29 is 4.39 Å². The molecule has 0 heterocycles. The molecule has 0 fully saturated rings. The van der Waals surface area contributed by atoms with Crippen LogP contribution in [-0.4, -0.2) is 6.04 Å². The molecule has 1 aromatic rings. The summed E-state index contributed by atoms with van der Waals surface area (Å²) in [7, 11) is 0. The Bertz CT molecular complexity index is 393. The zero-order valence-corrected chi connectivity index (χ0v) is 8.63. The van der Waals surface area contributed by atoms with Crippen LogP contribution in [0.5, 0.6) is 0 Å². The summed E-state index contributed by atoms with van der Waals surface area (Å²) in [5.41, 5.74) is 0.586. The van der Waals surface area contributed by atoms with E-state index in [1.807, 2.05) is 13.0 Å². The van der Waals surface area contributed by atoms with Crippen molar-refractivity contribution in [3.63, 3.8) is 0 Å². The first-order valence-corrected chi connectivity index (χ1v) is 4.72. The Morgan fingerprint density at radius 3 is 3.00 bits per heavy atom. The molecular weight excluding hydrogens is 191 g/mol. The lowest BCUT2D eigenvalue weighted by Crippen LogP contribution is -2.23. The Kier molecular flexibility index (Phi) is 4.02. The minimum atomic E-state index is -0.441. The normalized spacial score (nSPS) is 11.8. The zero-order valence-electron chi connectivity index (χ0n) is 8.63. The van der Waals surface area contributed by atoms with E-state index in [2.05, 4.69) is 11.9 Å². The van der Waals surface area contributed by atoms with Gasteiger partial charge in [-0.15, -0.1) is 6.58 Å². The van der Waals surface area contributed by atoms with Crippen molar-refractivity contribution in [3.8, 4) is 6.07 Å². The van der Waals surface area contributed by atoms with E-state index in [4.69, 9.17) is 5.26 Å². The fraction of sp³-hybridized carbons (Fsp3) is 0.250. The molecular formula is C12H13FN2. The highest BCUT2D eigenvalue weighted by Crippen LogP contribution is 2.11. The molecule has 15 heavy (non-hydrogen) atoms. The van der Waals surface area contributed by atoms with Crippen LogP contribution < -0.4 is 5.32 Å². The van der Waals surface area contributed by atoms with Gasteiger partial charge < -0.3 is 5.32 Å². The highest BCUT2D eigenvalue weighted by molar-refractivity contribution is 5.34. The Balaban J connectivity index is 2.78. The molecule has 0 bridgehead atoms. The van der Waals surface area contributed by atoms with Crippen molar-refractivity contribution >= 4 is 0 Å². The van der Waals surface area contributed by atoms with Gasteiger partial charge in [-0.25, -0.2) is 4.39 Å². The fourth-order valence-corrected chi connectivity index (χ4v) is 1.16. The minimum Gasteiger partial charge on any atom is -0.307 e. The molecule has 0 spiro atoms. The number of halogens is 1. The SMILES string of the molecule is C=CC(C)NCc1cccc(C#N)c1F. The van der Waals surface area contributed by atoms with Crippen molar-refractivity contribution in [1.82, 2.24) is 5.32 Å². The van der Waals surface area contributed by atoms with Crippen LogP contribution in [0.1, 0.15) is 18.1 Å². The maximum atomic E-state index is 13.5. The lowest BCUT2D eigenvalue weighted by atomic mass is 10.1. The predicted octanol–water partition coefficient (Wildman–Crippen LogP) is 2.36. The van der Waals surface area contributed by atoms with Crippen LogP contribution >= 0.6 is 0 Å². The smallest absolute Gasteiger partial charge is 0.145 e. The molecule has 78 valence electrons. The third-order valence-electron chi connectivity index (χ3n) is 2.17. The summed E-state index contributed by atoms with van der Waals surface area (Å²) in [6, 6.07) is 6.75. The highest BCUT2D eigenvalue weighted by atomic mass is 19.1. The monoisotopic (exact) mass is 204 g/mol. The number of rotatable bonds is 4. The zero-order chi connectivity index (χ0) is 11.3. The molecule has 0 saturated heterocycles. The second kappa shape index (κ2) is 5.28. The van der Waals surface area contributed by atoms with Gasteiger partial charge in [0.05, 0.1) is 5.56 Å². The van der Waals surface area contributed by atoms with Crippen LogP contribution in [0, 0.1) is 17.1 Å². The first-order valence-electron chi connectivity index (χ1n) is 4.72. The number of benzene rings is 1. The highest BCUT2D eigenvalue weighted by Gasteiger charge is 2.07. The van der Waals surface area contributed by atoms with E-state index in [9.17, 15) is 4.39 Å². The standard InChI is InChI=1S/C12H13FN2/c1-3-9(2)15-8-11-6-4-5-10(7-14)12(11)13/h3-6,9,15H,1,8H2,2H3. The number of hydrogen-bond donors (Lipinski definition) is 1. The van der Waals surface area contributed by atoms with Crippen molar-refractivity contribution in [3.05, 3.63) is 47.8 Å². The van der Waals surface area contributed by atoms with Crippen LogP contribution in [0.25, 0.3) is 0 Å².